The molecule has 0 N–H and O–H groups in total. The lowest BCUT2D eigenvalue weighted by Gasteiger charge is -2.50. The minimum atomic E-state index is -0.625. The van der Waals surface area contributed by atoms with E-state index in [0.29, 0.717) is 24.4 Å². The highest BCUT2D eigenvalue weighted by Crippen LogP contribution is 2.62. The van der Waals surface area contributed by atoms with Crippen LogP contribution in [0.15, 0.2) is 36.4 Å². The molecule has 0 bridgehead atoms. The molecule has 2 aromatic rings. The summed E-state index contributed by atoms with van der Waals surface area (Å²) in [7, 11) is 1.76. The molecule has 0 aliphatic heterocycles. The van der Waals surface area contributed by atoms with Gasteiger partial charge in [-0.3, -0.25) is 0 Å². The maximum atomic E-state index is 14.9. The lowest BCUT2D eigenvalue weighted by atomic mass is 9.55. The lowest BCUT2D eigenvalue weighted by Crippen LogP contribution is -2.43. The Kier molecular flexibility index (Phi) is 7.12. The van der Waals surface area contributed by atoms with Crippen molar-refractivity contribution in [1.29, 1.82) is 0 Å². The molecule has 2 fully saturated rings. The zero-order valence-corrected chi connectivity index (χ0v) is 22.0. The van der Waals surface area contributed by atoms with Gasteiger partial charge in [0.05, 0.1) is 7.11 Å². The van der Waals surface area contributed by atoms with Gasteiger partial charge >= 0.3 is 0 Å². The van der Waals surface area contributed by atoms with E-state index in [2.05, 4.69) is 62.1 Å². The molecule has 5 atom stereocenters. The van der Waals surface area contributed by atoms with Gasteiger partial charge in [-0.2, -0.15) is 0 Å². The van der Waals surface area contributed by atoms with E-state index in [1.165, 1.54) is 28.7 Å². The summed E-state index contributed by atoms with van der Waals surface area (Å²) in [4.78, 5) is 2.37. The Bertz CT molecular complexity index is 1020. The molecule has 3 aliphatic rings. The number of likely N-dealkylation sites (N-methyl/N-ethyl adjacent to an activating group) is 1. The van der Waals surface area contributed by atoms with Gasteiger partial charge in [0.25, 0.3) is 0 Å². The molecule has 190 valence electrons. The van der Waals surface area contributed by atoms with Crippen molar-refractivity contribution < 1.29 is 13.9 Å². The molecule has 5 rings (SSSR count). The van der Waals surface area contributed by atoms with Gasteiger partial charge in [0, 0.05) is 12.0 Å². The van der Waals surface area contributed by atoms with Crippen molar-refractivity contribution in [1.82, 2.24) is 4.90 Å². The largest absolute Gasteiger partial charge is 0.497 e. The van der Waals surface area contributed by atoms with E-state index in [1.807, 2.05) is 0 Å². The number of nitrogens with zero attached hydrogens (tertiary/aromatic N) is 1. The Morgan fingerprint density at radius 2 is 1.77 bits per heavy atom. The molecule has 0 unspecified atom stereocenters. The smallest absolute Gasteiger partial charge is 0.119 e. The predicted octanol–water partition coefficient (Wildman–Crippen LogP) is 7.28. The highest BCUT2D eigenvalue weighted by Gasteiger charge is 2.55. The first kappa shape index (κ1) is 24.6. The quantitative estimate of drug-likeness (QED) is 0.397. The van der Waals surface area contributed by atoms with Crippen LogP contribution in [0.3, 0.4) is 0 Å². The van der Waals surface area contributed by atoms with Crippen LogP contribution in [0.2, 0.25) is 0 Å². The molecule has 0 heterocycles. The number of fused-ring (bicyclic) bond motifs is 5. The van der Waals surface area contributed by atoms with Crippen molar-refractivity contribution in [3.05, 3.63) is 47.5 Å². The van der Waals surface area contributed by atoms with Crippen molar-refractivity contribution in [2.75, 3.05) is 33.4 Å². The Labute approximate surface area is 211 Å². The fourth-order valence-electron chi connectivity index (χ4n) is 7.56. The van der Waals surface area contributed by atoms with Crippen molar-refractivity contribution in [2.24, 2.45) is 17.3 Å². The Morgan fingerprint density at radius 3 is 2.49 bits per heavy atom. The van der Waals surface area contributed by atoms with E-state index in [0.717, 1.165) is 63.2 Å². The van der Waals surface area contributed by atoms with Gasteiger partial charge in [-0.15, -0.1) is 0 Å². The summed E-state index contributed by atoms with van der Waals surface area (Å²) >= 11 is 0. The van der Waals surface area contributed by atoms with Crippen molar-refractivity contribution in [3.8, 4) is 22.6 Å². The molecule has 35 heavy (non-hydrogen) atoms. The number of aryl methyl sites for hydroxylation is 1. The number of rotatable bonds is 8. The van der Waals surface area contributed by atoms with Crippen molar-refractivity contribution >= 4 is 0 Å². The van der Waals surface area contributed by atoms with Gasteiger partial charge in [0.2, 0.25) is 0 Å². The van der Waals surface area contributed by atoms with Crippen LogP contribution in [0.25, 0.3) is 11.1 Å². The first-order chi connectivity index (χ1) is 17.0. The molecule has 0 amide bonds. The zero-order valence-electron chi connectivity index (χ0n) is 22.0. The summed E-state index contributed by atoms with van der Waals surface area (Å²) in [5.41, 5.74) is 5.33. The summed E-state index contributed by atoms with van der Waals surface area (Å²) in [6.07, 6.45) is 5.52. The van der Waals surface area contributed by atoms with Crippen LogP contribution in [0.1, 0.15) is 69.9 Å². The van der Waals surface area contributed by atoms with E-state index in [4.69, 9.17) is 9.47 Å². The zero-order chi connectivity index (χ0) is 24.6. The third kappa shape index (κ3) is 4.48. The molecule has 2 saturated carbocycles. The minimum Gasteiger partial charge on any atom is -0.497 e. The van der Waals surface area contributed by atoms with E-state index >= 15 is 0 Å². The second kappa shape index (κ2) is 10.1. The molecular formula is C31H42FNO2. The first-order valence-corrected chi connectivity index (χ1v) is 13.8. The number of alkyl halides is 1. The third-order valence-electron chi connectivity index (χ3n) is 9.65. The highest BCUT2D eigenvalue weighted by atomic mass is 19.1. The summed E-state index contributed by atoms with van der Waals surface area (Å²) in [6.45, 7) is 10.4. The van der Waals surface area contributed by atoms with E-state index in [1.54, 1.807) is 7.11 Å². The second-order valence-electron chi connectivity index (χ2n) is 11.2. The average molecular weight is 480 g/mol. The Morgan fingerprint density at radius 1 is 1.00 bits per heavy atom. The first-order valence-electron chi connectivity index (χ1n) is 13.8. The van der Waals surface area contributed by atoms with Crippen LogP contribution in [-0.4, -0.2) is 44.4 Å². The minimum absolute atomic E-state index is 0.116. The molecule has 0 spiro atoms. The van der Waals surface area contributed by atoms with Gasteiger partial charge in [-0.25, -0.2) is 4.39 Å². The monoisotopic (exact) mass is 479 g/mol. The fourth-order valence-corrected chi connectivity index (χ4v) is 7.56. The van der Waals surface area contributed by atoms with Crippen molar-refractivity contribution in [2.45, 2.75) is 71.4 Å². The maximum Gasteiger partial charge on any atom is 0.119 e. The van der Waals surface area contributed by atoms with Crippen LogP contribution >= 0.6 is 0 Å². The van der Waals surface area contributed by atoms with Gasteiger partial charge in [0.15, 0.2) is 0 Å². The van der Waals surface area contributed by atoms with Gasteiger partial charge in [-0.1, -0.05) is 32.9 Å². The van der Waals surface area contributed by atoms with Crippen molar-refractivity contribution in [3.63, 3.8) is 0 Å². The van der Waals surface area contributed by atoms with Crippen LogP contribution < -0.4 is 9.47 Å². The van der Waals surface area contributed by atoms with Gasteiger partial charge < -0.3 is 14.4 Å². The Balaban J connectivity index is 1.42. The predicted molar refractivity (Wildman–Crippen MR) is 141 cm³/mol. The van der Waals surface area contributed by atoms with Crippen LogP contribution in [-0.2, 0) is 6.42 Å². The normalized spacial score (nSPS) is 29.4. The average Bonchev–Trinajstić information content (AvgIpc) is 3.20. The number of halogens is 1. The van der Waals surface area contributed by atoms with Crippen LogP contribution in [0.4, 0.5) is 4.39 Å². The molecule has 0 aromatic heterocycles. The molecule has 2 aromatic carbocycles. The molecule has 4 heteroatoms. The summed E-state index contributed by atoms with van der Waals surface area (Å²) in [6, 6.07) is 13.1. The topological polar surface area (TPSA) is 21.7 Å². The van der Waals surface area contributed by atoms with Crippen LogP contribution in [0.5, 0.6) is 11.5 Å². The number of ether oxygens (including phenoxy) is 2. The standard InChI is InChI=1S/C31H42FNO2/c1-5-33(6-2)17-18-35-23-10-7-21(8-11-23)27-20-24(34-4)19-22-9-12-25-26(30(22)27)15-16-31(3)28(25)13-14-29(31)32/h7-8,10-11,19-20,25-26,28-29H,5-6,9,12-18H2,1-4H3/t25-,26+,28+,29-,31+/m1/s1. The summed E-state index contributed by atoms with van der Waals surface area (Å²) in [5, 5.41) is 0. The number of methoxy groups -OCH3 is 1. The molecular weight excluding hydrogens is 437 g/mol. The molecule has 3 nitrogen and oxygen atoms in total. The maximum absolute atomic E-state index is 14.9. The molecule has 0 saturated heterocycles. The summed E-state index contributed by atoms with van der Waals surface area (Å²) in [5.74, 6) is 3.48. The van der Waals surface area contributed by atoms with Crippen LogP contribution in [0, 0.1) is 17.3 Å². The Hall–Kier alpha value is -2.07. The summed E-state index contributed by atoms with van der Waals surface area (Å²) < 4.78 is 26.7. The fraction of sp³-hybridized carbons (Fsp3) is 0.613. The van der Waals surface area contributed by atoms with E-state index in [-0.39, 0.29) is 5.41 Å². The van der Waals surface area contributed by atoms with E-state index < -0.39 is 6.17 Å². The second-order valence-corrected chi connectivity index (χ2v) is 11.2. The third-order valence-corrected chi connectivity index (χ3v) is 9.65. The SMILES string of the molecule is CCN(CC)CCOc1ccc(-c2cc(OC)cc3c2[C@H]2CC[C@]4(C)[C@H](F)CC[C@H]4[C@@H]2CC3)cc1. The number of benzene rings is 2. The number of hydrogen-bond donors (Lipinski definition) is 0. The lowest BCUT2D eigenvalue weighted by molar-refractivity contribution is 0.0145. The number of hydrogen-bond acceptors (Lipinski definition) is 3. The van der Waals surface area contributed by atoms with Gasteiger partial charge in [0.1, 0.15) is 24.3 Å². The molecule has 0 radical (unpaired) electrons. The highest BCUT2D eigenvalue weighted by molar-refractivity contribution is 5.72. The molecule has 3 aliphatic carbocycles. The van der Waals surface area contributed by atoms with Gasteiger partial charge in [-0.05, 0) is 116 Å². The van der Waals surface area contributed by atoms with E-state index in [9.17, 15) is 4.39 Å².